The highest BCUT2D eigenvalue weighted by atomic mass is 32.2. The topological polar surface area (TPSA) is 98.0 Å². The second-order valence-electron chi connectivity index (χ2n) is 4.29. The van der Waals surface area contributed by atoms with E-state index in [9.17, 15) is 14.9 Å². The highest BCUT2D eigenvalue weighted by molar-refractivity contribution is 8.03. The minimum atomic E-state index is -0.521. The Morgan fingerprint density at radius 3 is 2.78 bits per heavy atom. The number of nitrogens with zero attached hydrogens (tertiary/aromatic N) is 3. The third-order valence-electron chi connectivity index (χ3n) is 2.66. The van der Waals surface area contributed by atoms with Crippen molar-refractivity contribution in [3.63, 3.8) is 0 Å². The van der Waals surface area contributed by atoms with Crippen LogP contribution in [0.3, 0.4) is 0 Å². The largest absolute Gasteiger partial charge is 0.319 e. The molecule has 7 nitrogen and oxygen atoms in total. The number of hydrogen-bond acceptors (Lipinski definition) is 8. The van der Waals surface area contributed by atoms with Crippen molar-refractivity contribution in [3.05, 3.63) is 34.4 Å². The lowest BCUT2D eigenvalue weighted by Gasteiger charge is -2.10. The fraction of sp³-hybridized carbons (Fsp3) is 0.308. The molecule has 1 aromatic heterocycles. The first-order valence-corrected chi connectivity index (χ1v) is 9.36. The maximum atomic E-state index is 12.2. The molecule has 0 aliphatic heterocycles. The number of rotatable bonds is 7. The van der Waals surface area contributed by atoms with Crippen LogP contribution in [-0.4, -0.2) is 32.0 Å². The molecule has 1 heterocycles. The number of amides is 1. The van der Waals surface area contributed by atoms with Gasteiger partial charge in [0.05, 0.1) is 10.2 Å². The summed E-state index contributed by atoms with van der Waals surface area (Å²) in [5.74, 6) is 0.594. The standard InChI is InChI=1S/C13H14N4O3S3/c1-3-21-12-15-16-13(23-12)22-8(2)11(18)14-9-6-4-5-7-10(9)17(19)20/h4-8H,3H2,1-2H3,(H,14,18)/t8-/m0/s1. The van der Waals surface area contributed by atoms with Gasteiger partial charge in [-0.05, 0) is 18.7 Å². The summed E-state index contributed by atoms with van der Waals surface area (Å²) in [6, 6.07) is 6.06. The molecule has 2 rings (SSSR count). The van der Waals surface area contributed by atoms with Gasteiger partial charge < -0.3 is 5.32 Å². The van der Waals surface area contributed by atoms with E-state index in [1.165, 1.54) is 35.2 Å². The van der Waals surface area contributed by atoms with E-state index in [-0.39, 0.29) is 17.3 Å². The van der Waals surface area contributed by atoms with Gasteiger partial charge in [0, 0.05) is 6.07 Å². The summed E-state index contributed by atoms with van der Waals surface area (Å²) in [7, 11) is 0. The average molecular weight is 370 g/mol. The minimum Gasteiger partial charge on any atom is -0.319 e. The van der Waals surface area contributed by atoms with Crippen LogP contribution >= 0.6 is 34.9 Å². The lowest BCUT2D eigenvalue weighted by atomic mass is 10.2. The van der Waals surface area contributed by atoms with Gasteiger partial charge in [0.25, 0.3) is 5.69 Å². The summed E-state index contributed by atoms with van der Waals surface area (Å²) in [4.78, 5) is 22.7. The normalized spacial score (nSPS) is 11.9. The number of thioether (sulfide) groups is 2. The Hall–Kier alpha value is -1.65. The van der Waals surface area contributed by atoms with E-state index < -0.39 is 10.2 Å². The molecule has 1 aromatic carbocycles. The van der Waals surface area contributed by atoms with E-state index in [1.54, 1.807) is 30.8 Å². The van der Waals surface area contributed by atoms with Crippen molar-refractivity contribution in [3.8, 4) is 0 Å². The third kappa shape index (κ3) is 4.91. The van der Waals surface area contributed by atoms with E-state index in [0.717, 1.165) is 10.1 Å². The van der Waals surface area contributed by atoms with Crippen LogP contribution in [0.5, 0.6) is 0 Å². The first-order chi connectivity index (χ1) is 11.0. The molecule has 0 aliphatic carbocycles. The predicted octanol–water partition coefficient (Wildman–Crippen LogP) is 3.68. The zero-order valence-corrected chi connectivity index (χ0v) is 14.8. The summed E-state index contributed by atoms with van der Waals surface area (Å²) in [6.07, 6.45) is 0. The van der Waals surface area contributed by atoms with E-state index in [1.807, 2.05) is 6.92 Å². The lowest BCUT2D eigenvalue weighted by Crippen LogP contribution is -2.22. The average Bonchev–Trinajstić information content (AvgIpc) is 2.95. The lowest BCUT2D eigenvalue weighted by molar-refractivity contribution is -0.383. The minimum absolute atomic E-state index is 0.129. The van der Waals surface area contributed by atoms with E-state index >= 15 is 0 Å². The zero-order chi connectivity index (χ0) is 16.8. The molecule has 23 heavy (non-hydrogen) atoms. The number of nitrogens with one attached hydrogen (secondary N) is 1. The van der Waals surface area contributed by atoms with Gasteiger partial charge in [-0.3, -0.25) is 14.9 Å². The van der Waals surface area contributed by atoms with Crippen molar-refractivity contribution in [2.75, 3.05) is 11.1 Å². The SMILES string of the molecule is CCSc1nnc(S[C@@H](C)C(=O)Nc2ccccc2[N+](=O)[O-])s1. The summed E-state index contributed by atoms with van der Waals surface area (Å²) in [6.45, 7) is 3.75. The van der Waals surface area contributed by atoms with Crippen LogP contribution in [0.2, 0.25) is 0 Å². The molecule has 1 atom stereocenters. The Morgan fingerprint density at radius 1 is 1.39 bits per heavy atom. The number of aromatic nitrogens is 2. The van der Waals surface area contributed by atoms with Crippen LogP contribution in [0.4, 0.5) is 11.4 Å². The highest BCUT2D eigenvalue weighted by Gasteiger charge is 2.21. The molecule has 0 spiro atoms. The smallest absolute Gasteiger partial charge is 0.292 e. The molecular weight excluding hydrogens is 356 g/mol. The van der Waals surface area contributed by atoms with Crippen molar-refractivity contribution < 1.29 is 9.72 Å². The monoisotopic (exact) mass is 370 g/mol. The van der Waals surface area contributed by atoms with Gasteiger partial charge in [0.1, 0.15) is 5.69 Å². The van der Waals surface area contributed by atoms with Crippen LogP contribution in [0.15, 0.2) is 32.9 Å². The molecule has 0 radical (unpaired) electrons. The number of carbonyl (C=O) groups excluding carboxylic acids is 1. The van der Waals surface area contributed by atoms with Gasteiger partial charge in [-0.1, -0.05) is 53.9 Å². The Bertz CT molecular complexity index is 707. The summed E-state index contributed by atoms with van der Waals surface area (Å²) in [5.41, 5.74) is 0.0602. The van der Waals surface area contributed by atoms with Crippen molar-refractivity contribution in [1.29, 1.82) is 0 Å². The number of para-hydroxylation sites is 2. The quantitative estimate of drug-likeness (QED) is 0.451. The maximum absolute atomic E-state index is 12.2. The van der Waals surface area contributed by atoms with Crippen molar-refractivity contribution in [1.82, 2.24) is 10.2 Å². The van der Waals surface area contributed by atoms with Gasteiger partial charge in [0.15, 0.2) is 8.68 Å². The summed E-state index contributed by atoms with van der Waals surface area (Å²) < 4.78 is 1.56. The number of nitro benzene ring substituents is 1. The van der Waals surface area contributed by atoms with E-state index in [0.29, 0.717) is 4.34 Å². The number of carbonyl (C=O) groups is 1. The summed E-state index contributed by atoms with van der Waals surface area (Å²) >= 11 is 4.31. The second kappa shape index (κ2) is 8.27. The van der Waals surface area contributed by atoms with Crippen LogP contribution in [0.1, 0.15) is 13.8 Å². The van der Waals surface area contributed by atoms with Gasteiger partial charge in [0.2, 0.25) is 5.91 Å². The molecule has 2 aromatic rings. The fourth-order valence-electron chi connectivity index (χ4n) is 1.60. The number of nitro groups is 1. The first kappa shape index (κ1) is 17.7. The Labute approximate surface area is 145 Å². The predicted molar refractivity (Wildman–Crippen MR) is 93.4 cm³/mol. The number of anilines is 1. The molecule has 0 fully saturated rings. The molecule has 0 bridgehead atoms. The number of hydrogen-bond donors (Lipinski definition) is 1. The summed E-state index contributed by atoms with van der Waals surface area (Å²) in [5, 5.41) is 21.2. The van der Waals surface area contributed by atoms with Crippen LogP contribution in [0.25, 0.3) is 0 Å². The van der Waals surface area contributed by atoms with Gasteiger partial charge in [-0.15, -0.1) is 10.2 Å². The highest BCUT2D eigenvalue weighted by Crippen LogP contribution is 2.32. The molecule has 10 heteroatoms. The molecule has 122 valence electrons. The number of benzene rings is 1. The van der Waals surface area contributed by atoms with Crippen molar-refractivity contribution >= 4 is 52.1 Å². The second-order valence-corrected chi connectivity index (χ2v) is 8.37. The van der Waals surface area contributed by atoms with Gasteiger partial charge in [-0.2, -0.15) is 0 Å². The fourth-order valence-corrected chi connectivity index (χ4v) is 4.67. The van der Waals surface area contributed by atoms with Crippen LogP contribution in [0, 0.1) is 10.1 Å². The maximum Gasteiger partial charge on any atom is 0.292 e. The van der Waals surface area contributed by atoms with Crippen molar-refractivity contribution in [2.45, 2.75) is 27.8 Å². The van der Waals surface area contributed by atoms with E-state index in [4.69, 9.17) is 0 Å². The first-order valence-electron chi connectivity index (χ1n) is 6.68. The third-order valence-corrected chi connectivity index (χ3v) is 5.78. The molecule has 1 N–H and O–H groups in total. The molecule has 0 saturated carbocycles. The van der Waals surface area contributed by atoms with Crippen molar-refractivity contribution in [2.24, 2.45) is 0 Å². The molecule has 1 amide bonds. The van der Waals surface area contributed by atoms with Crippen LogP contribution < -0.4 is 5.32 Å². The molecular formula is C13H14N4O3S3. The zero-order valence-electron chi connectivity index (χ0n) is 12.4. The van der Waals surface area contributed by atoms with Gasteiger partial charge >= 0.3 is 0 Å². The van der Waals surface area contributed by atoms with Crippen LogP contribution in [-0.2, 0) is 4.79 Å². The molecule has 0 saturated heterocycles. The Morgan fingerprint density at radius 2 is 2.09 bits per heavy atom. The van der Waals surface area contributed by atoms with Gasteiger partial charge in [-0.25, -0.2) is 0 Å². The van der Waals surface area contributed by atoms with E-state index in [2.05, 4.69) is 15.5 Å². The Kier molecular flexibility index (Phi) is 6.37. The molecule has 0 aliphatic rings. The molecule has 0 unspecified atom stereocenters. The Balaban J connectivity index is 2.01.